The second kappa shape index (κ2) is 6.57. The standard InChI is InChI=1S/C17H34SSi2/c1-13(2)20(14(3)4,15(5)6)17-12-10-11-16(18-17)19(7,8)9/h11-15H,10H2,1-9H3. The molecule has 0 fully saturated rings. The maximum Gasteiger partial charge on any atom is 0.102 e. The fourth-order valence-electron chi connectivity index (χ4n) is 4.05. The van der Waals surface area contributed by atoms with Gasteiger partial charge in [-0.05, 0) is 32.1 Å². The lowest BCUT2D eigenvalue weighted by atomic mass is 10.4. The molecule has 0 atom stereocenters. The van der Waals surface area contributed by atoms with Gasteiger partial charge in [0.15, 0.2) is 0 Å². The number of allylic oxidation sites excluding steroid dienone is 2. The van der Waals surface area contributed by atoms with Crippen LogP contribution in [0.25, 0.3) is 0 Å². The van der Waals surface area contributed by atoms with Crippen LogP contribution < -0.4 is 0 Å². The van der Waals surface area contributed by atoms with Gasteiger partial charge in [0.05, 0.1) is 8.07 Å². The van der Waals surface area contributed by atoms with Crippen LogP contribution in [-0.4, -0.2) is 16.1 Å². The normalized spacial score (nSPS) is 17.8. The van der Waals surface area contributed by atoms with Crippen molar-refractivity contribution in [2.45, 2.75) is 84.2 Å². The molecule has 0 nitrogen and oxygen atoms in total. The molecule has 0 amide bonds. The Kier molecular flexibility index (Phi) is 6.02. The predicted octanol–water partition coefficient (Wildman–Crippen LogP) is 6.99. The number of thioether (sulfide) groups is 1. The van der Waals surface area contributed by atoms with E-state index in [1.807, 2.05) is 0 Å². The van der Waals surface area contributed by atoms with Gasteiger partial charge < -0.3 is 0 Å². The zero-order valence-electron chi connectivity index (χ0n) is 15.0. The van der Waals surface area contributed by atoms with Gasteiger partial charge in [0.2, 0.25) is 0 Å². The van der Waals surface area contributed by atoms with Crippen LogP contribution in [0.3, 0.4) is 0 Å². The molecule has 20 heavy (non-hydrogen) atoms. The van der Waals surface area contributed by atoms with Gasteiger partial charge >= 0.3 is 0 Å². The van der Waals surface area contributed by atoms with Crippen LogP contribution in [0.2, 0.25) is 36.3 Å². The number of hydrogen-bond acceptors (Lipinski definition) is 1. The molecule has 0 aromatic rings. The van der Waals surface area contributed by atoms with Crippen molar-refractivity contribution in [1.29, 1.82) is 0 Å². The van der Waals surface area contributed by atoms with Gasteiger partial charge in [0, 0.05) is 0 Å². The molecule has 0 saturated carbocycles. The molecular formula is C17H34SSi2. The third kappa shape index (κ3) is 3.36. The minimum atomic E-state index is -1.44. The van der Waals surface area contributed by atoms with Gasteiger partial charge in [-0.15, -0.1) is 11.8 Å². The fourth-order valence-corrected chi connectivity index (χ4v) is 16.6. The average Bonchev–Trinajstić information content (AvgIpc) is 2.27. The number of rotatable bonds is 5. The van der Waals surface area contributed by atoms with Gasteiger partial charge in [-0.25, -0.2) is 0 Å². The van der Waals surface area contributed by atoms with E-state index in [1.165, 1.54) is 6.42 Å². The summed E-state index contributed by atoms with van der Waals surface area (Å²) in [6.45, 7) is 22.3. The largest absolute Gasteiger partial charge is 0.109 e. The van der Waals surface area contributed by atoms with E-state index in [0.717, 1.165) is 16.6 Å². The van der Waals surface area contributed by atoms with E-state index in [9.17, 15) is 0 Å². The Bertz CT molecular complexity index is 376. The van der Waals surface area contributed by atoms with Crippen molar-refractivity contribution in [2.75, 3.05) is 0 Å². The van der Waals surface area contributed by atoms with E-state index >= 15 is 0 Å². The molecule has 1 aliphatic heterocycles. The molecule has 1 aliphatic rings. The highest BCUT2D eigenvalue weighted by Gasteiger charge is 2.47. The van der Waals surface area contributed by atoms with Gasteiger partial charge in [0.25, 0.3) is 0 Å². The van der Waals surface area contributed by atoms with E-state index in [1.54, 1.807) is 9.06 Å². The Morgan fingerprint density at radius 1 is 0.800 bits per heavy atom. The van der Waals surface area contributed by atoms with E-state index in [2.05, 4.69) is 85.1 Å². The third-order valence-corrected chi connectivity index (χ3v) is 17.6. The van der Waals surface area contributed by atoms with Crippen molar-refractivity contribution in [3.63, 3.8) is 0 Å². The summed E-state index contributed by atoms with van der Waals surface area (Å²) < 4.78 is 3.51. The summed E-state index contributed by atoms with van der Waals surface area (Å²) in [5.41, 5.74) is 2.46. The zero-order chi connectivity index (χ0) is 15.7. The van der Waals surface area contributed by atoms with Crippen LogP contribution in [0, 0.1) is 0 Å². The van der Waals surface area contributed by atoms with Crippen LogP contribution in [0.15, 0.2) is 21.2 Å². The van der Waals surface area contributed by atoms with Crippen molar-refractivity contribution in [3.05, 3.63) is 21.2 Å². The predicted molar refractivity (Wildman–Crippen MR) is 103 cm³/mol. The fraction of sp³-hybridized carbons (Fsp3) is 0.765. The molecule has 3 heteroatoms. The summed E-state index contributed by atoms with van der Waals surface area (Å²) in [7, 11) is -2.62. The van der Waals surface area contributed by atoms with Crippen LogP contribution >= 0.6 is 11.8 Å². The molecule has 0 aromatic heterocycles. The minimum absolute atomic E-state index is 0.822. The highest BCUT2D eigenvalue weighted by molar-refractivity contribution is 8.10. The first-order valence-corrected chi connectivity index (χ1v) is 14.7. The van der Waals surface area contributed by atoms with Crippen LogP contribution in [-0.2, 0) is 0 Å². The highest BCUT2D eigenvalue weighted by Crippen LogP contribution is 2.53. The van der Waals surface area contributed by atoms with Crippen molar-refractivity contribution < 1.29 is 0 Å². The first kappa shape index (κ1) is 18.3. The van der Waals surface area contributed by atoms with Gasteiger partial charge in [-0.1, -0.05) is 73.3 Å². The maximum atomic E-state index is 2.57. The molecule has 0 aliphatic carbocycles. The lowest BCUT2D eigenvalue weighted by Gasteiger charge is -2.46. The first-order chi connectivity index (χ1) is 9.04. The van der Waals surface area contributed by atoms with Crippen molar-refractivity contribution in [2.24, 2.45) is 0 Å². The Hall–Kier alpha value is 0.264. The number of hydrogen-bond donors (Lipinski definition) is 0. The smallest absolute Gasteiger partial charge is 0.102 e. The molecular weight excluding hydrogens is 292 g/mol. The van der Waals surface area contributed by atoms with Gasteiger partial charge in [0.1, 0.15) is 8.07 Å². The molecule has 0 spiro atoms. The third-order valence-electron chi connectivity index (χ3n) is 4.86. The molecule has 116 valence electrons. The van der Waals surface area contributed by atoms with Gasteiger partial charge in [-0.3, -0.25) is 0 Å². The summed E-state index contributed by atoms with van der Waals surface area (Å²) >= 11 is 2.18. The molecule has 1 heterocycles. The molecule has 0 N–H and O–H groups in total. The molecule has 0 saturated heterocycles. The lowest BCUT2D eigenvalue weighted by Crippen LogP contribution is -2.46. The lowest BCUT2D eigenvalue weighted by molar-refractivity contribution is 0.830. The topological polar surface area (TPSA) is 0 Å². The molecule has 0 radical (unpaired) electrons. The quantitative estimate of drug-likeness (QED) is 0.491. The summed E-state index contributed by atoms with van der Waals surface area (Å²) in [5.74, 6) is 0. The maximum absolute atomic E-state index is 2.57. The van der Waals surface area contributed by atoms with Crippen LogP contribution in [0.1, 0.15) is 48.0 Å². The SMILES string of the molecule is CC(C)[Si](C1=CCC=C([Si](C)(C)C)S1)(C(C)C)C(C)C. The summed E-state index contributed by atoms with van der Waals surface area (Å²) in [5, 5.41) is 0. The Morgan fingerprint density at radius 3 is 1.55 bits per heavy atom. The van der Waals surface area contributed by atoms with Crippen LogP contribution in [0.4, 0.5) is 0 Å². The average molecular weight is 327 g/mol. The Balaban J connectivity index is 3.21. The highest BCUT2D eigenvalue weighted by atomic mass is 32.2. The van der Waals surface area contributed by atoms with Crippen LogP contribution in [0.5, 0.6) is 0 Å². The second-order valence-corrected chi connectivity index (χ2v) is 20.8. The van der Waals surface area contributed by atoms with Crippen molar-refractivity contribution >= 4 is 27.9 Å². The zero-order valence-corrected chi connectivity index (χ0v) is 17.8. The Morgan fingerprint density at radius 2 is 1.20 bits per heavy atom. The van der Waals surface area contributed by atoms with E-state index in [0.29, 0.717) is 0 Å². The Labute approximate surface area is 133 Å². The monoisotopic (exact) mass is 326 g/mol. The van der Waals surface area contributed by atoms with E-state index in [4.69, 9.17) is 0 Å². The molecule has 0 unspecified atom stereocenters. The van der Waals surface area contributed by atoms with Crippen molar-refractivity contribution in [1.82, 2.24) is 0 Å². The molecule has 0 aromatic carbocycles. The first-order valence-electron chi connectivity index (χ1n) is 8.13. The summed E-state index contributed by atoms with van der Waals surface area (Å²) in [4.78, 5) is 0. The minimum Gasteiger partial charge on any atom is -0.109 e. The van der Waals surface area contributed by atoms with Crippen molar-refractivity contribution in [3.8, 4) is 0 Å². The second-order valence-electron chi connectivity index (χ2n) is 8.12. The van der Waals surface area contributed by atoms with E-state index < -0.39 is 16.1 Å². The summed E-state index contributed by atoms with van der Waals surface area (Å²) in [6.07, 6.45) is 6.24. The molecule has 0 bridgehead atoms. The molecule has 1 rings (SSSR count). The van der Waals surface area contributed by atoms with E-state index in [-0.39, 0.29) is 0 Å². The summed E-state index contributed by atoms with van der Waals surface area (Å²) in [6, 6.07) is 0. The van der Waals surface area contributed by atoms with Gasteiger partial charge in [-0.2, -0.15) is 0 Å².